The molecule has 0 unspecified atom stereocenters. The standard InChI is InChI=1S/C16H17FN2O/c1-2-3-11-4-7-13(8-5-11)19-16(20)14-10-12(17)6-9-15(14)18/h4-10H,2-3,18H2,1H3,(H,19,20). The molecule has 1 amide bonds. The van der Waals surface area contributed by atoms with Crippen molar-refractivity contribution in [3.8, 4) is 0 Å². The summed E-state index contributed by atoms with van der Waals surface area (Å²) < 4.78 is 13.1. The van der Waals surface area contributed by atoms with E-state index in [1.165, 1.54) is 17.7 Å². The van der Waals surface area contributed by atoms with Crippen LogP contribution in [0.2, 0.25) is 0 Å². The maximum Gasteiger partial charge on any atom is 0.257 e. The molecular formula is C16H17FN2O. The number of nitrogens with two attached hydrogens (primary N) is 1. The third-order valence-corrected chi connectivity index (χ3v) is 3.01. The first-order valence-corrected chi connectivity index (χ1v) is 6.55. The molecule has 0 atom stereocenters. The number of carbonyl (C=O) groups excluding carboxylic acids is 1. The van der Waals surface area contributed by atoms with Crippen LogP contribution in [0.5, 0.6) is 0 Å². The average molecular weight is 272 g/mol. The lowest BCUT2D eigenvalue weighted by Crippen LogP contribution is -2.14. The Kier molecular flexibility index (Phi) is 4.35. The Morgan fingerprint density at radius 1 is 1.20 bits per heavy atom. The predicted octanol–water partition coefficient (Wildman–Crippen LogP) is 3.61. The van der Waals surface area contributed by atoms with Crippen molar-refractivity contribution >= 4 is 17.3 Å². The number of nitrogen functional groups attached to an aromatic ring is 1. The molecule has 0 aliphatic heterocycles. The SMILES string of the molecule is CCCc1ccc(NC(=O)c2cc(F)ccc2N)cc1. The van der Waals surface area contributed by atoms with E-state index in [1.807, 2.05) is 24.3 Å². The smallest absolute Gasteiger partial charge is 0.257 e. The summed E-state index contributed by atoms with van der Waals surface area (Å²) >= 11 is 0. The largest absolute Gasteiger partial charge is 0.398 e. The molecule has 20 heavy (non-hydrogen) atoms. The maximum absolute atomic E-state index is 13.1. The van der Waals surface area contributed by atoms with Crippen LogP contribution < -0.4 is 11.1 Å². The summed E-state index contributed by atoms with van der Waals surface area (Å²) in [7, 11) is 0. The van der Waals surface area contributed by atoms with E-state index >= 15 is 0 Å². The summed E-state index contributed by atoms with van der Waals surface area (Å²) in [6.07, 6.45) is 2.08. The lowest BCUT2D eigenvalue weighted by molar-refractivity contribution is 0.102. The fourth-order valence-electron chi connectivity index (χ4n) is 1.97. The second-order valence-corrected chi connectivity index (χ2v) is 4.63. The third kappa shape index (κ3) is 3.35. The number of anilines is 2. The van der Waals surface area contributed by atoms with E-state index in [0.717, 1.165) is 18.9 Å². The summed E-state index contributed by atoms with van der Waals surface area (Å²) in [6, 6.07) is 11.3. The van der Waals surface area contributed by atoms with Crippen molar-refractivity contribution in [3.05, 3.63) is 59.4 Å². The first-order valence-electron chi connectivity index (χ1n) is 6.55. The van der Waals surface area contributed by atoms with Crippen molar-refractivity contribution in [2.45, 2.75) is 19.8 Å². The van der Waals surface area contributed by atoms with Gasteiger partial charge in [0.15, 0.2) is 0 Å². The highest BCUT2D eigenvalue weighted by Crippen LogP contribution is 2.17. The summed E-state index contributed by atoms with van der Waals surface area (Å²) in [5, 5.41) is 2.71. The zero-order valence-electron chi connectivity index (χ0n) is 11.3. The number of hydrogen-bond acceptors (Lipinski definition) is 2. The summed E-state index contributed by atoms with van der Waals surface area (Å²) in [6.45, 7) is 2.11. The highest BCUT2D eigenvalue weighted by atomic mass is 19.1. The Morgan fingerprint density at radius 3 is 2.55 bits per heavy atom. The van der Waals surface area contributed by atoms with Crippen LogP contribution in [-0.2, 0) is 6.42 Å². The molecule has 4 heteroatoms. The van der Waals surface area contributed by atoms with Gasteiger partial charge in [-0.3, -0.25) is 4.79 Å². The molecule has 0 aromatic heterocycles. The van der Waals surface area contributed by atoms with Gasteiger partial charge in [-0.2, -0.15) is 0 Å². The van der Waals surface area contributed by atoms with E-state index in [9.17, 15) is 9.18 Å². The number of aryl methyl sites for hydroxylation is 1. The number of carbonyl (C=O) groups is 1. The van der Waals surface area contributed by atoms with Crippen LogP contribution in [0, 0.1) is 5.82 Å². The van der Waals surface area contributed by atoms with Crippen molar-refractivity contribution in [3.63, 3.8) is 0 Å². The van der Waals surface area contributed by atoms with Crippen molar-refractivity contribution < 1.29 is 9.18 Å². The molecule has 0 bridgehead atoms. The predicted molar refractivity (Wildman–Crippen MR) is 79.2 cm³/mol. The minimum atomic E-state index is -0.484. The van der Waals surface area contributed by atoms with Crippen molar-refractivity contribution in [2.75, 3.05) is 11.1 Å². The second-order valence-electron chi connectivity index (χ2n) is 4.63. The van der Waals surface area contributed by atoms with E-state index in [0.29, 0.717) is 5.69 Å². The van der Waals surface area contributed by atoms with Crippen molar-refractivity contribution in [1.82, 2.24) is 0 Å². The number of amides is 1. The molecule has 3 nitrogen and oxygen atoms in total. The van der Waals surface area contributed by atoms with Gasteiger partial charge in [0.05, 0.1) is 5.56 Å². The van der Waals surface area contributed by atoms with Crippen LogP contribution >= 0.6 is 0 Å². The zero-order valence-corrected chi connectivity index (χ0v) is 11.3. The number of halogens is 1. The quantitative estimate of drug-likeness (QED) is 0.835. The molecule has 0 saturated carbocycles. The molecule has 0 aliphatic carbocycles. The van der Waals surface area contributed by atoms with E-state index in [2.05, 4.69) is 12.2 Å². The Hall–Kier alpha value is -2.36. The van der Waals surface area contributed by atoms with Gasteiger partial charge in [-0.05, 0) is 42.3 Å². The van der Waals surface area contributed by atoms with Gasteiger partial charge < -0.3 is 11.1 Å². The fraction of sp³-hybridized carbons (Fsp3) is 0.188. The lowest BCUT2D eigenvalue weighted by Gasteiger charge is -2.08. The molecule has 0 saturated heterocycles. The van der Waals surface area contributed by atoms with Crippen molar-refractivity contribution in [2.24, 2.45) is 0 Å². The van der Waals surface area contributed by atoms with Crippen molar-refractivity contribution in [1.29, 1.82) is 0 Å². The molecule has 0 heterocycles. The van der Waals surface area contributed by atoms with Crippen LogP contribution in [0.1, 0.15) is 29.3 Å². The minimum absolute atomic E-state index is 0.141. The molecule has 104 valence electrons. The third-order valence-electron chi connectivity index (χ3n) is 3.01. The van der Waals surface area contributed by atoms with Crippen LogP contribution in [-0.4, -0.2) is 5.91 Å². The number of benzene rings is 2. The highest BCUT2D eigenvalue weighted by molar-refractivity contribution is 6.07. The average Bonchev–Trinajstić information content (AvgIpc) is 2.44. The van der Waals surface area contributed by atoms with Gasteiger partial charge in [0.1, 0.15) is 5.82 Å². The molecule has 0 fully saturated rings. The number of nitrogens with one attached hydrogen (secondary N) is 1. The van der Waals surface area contributed by atoms with Crippen LogP contribution in [0.25, 0.3) is 0 Å². The molecule has 0 spiro atoms. The fourth-order valence-corrected chi connectivity index (χ4v) is 1.97. The van der Waals surface area contributed by atoms with Crippen LogP contribution in [0.15, 0.2) is 42.5 Å². The van der Waals surface area contributed by atoms with Gasteiger partial charge in [0, 0.05) is 11.4 Å². The molecule has 3 N–H and O–H groups in total. The van der Waals surface area contributed by atoms with E-state index in [1.54, 1.807) is 0 Å². The van der Waals surface area contributed by atoms with Crippen LogP contribution in [0.3, 0.4) is 0 Å². The van der Waals surface area contributed by atoms with Gasteiger partial charge in [0.2, 0.25) is 0 Å². The van der Waals surface area contributed by atoms with E-state index < -0.39 is 11.7 Å². The summed E-state index contributed by atoms with van der Waals surface area (Å²) in [4.78, 5) is 12.0. The normalized spacial score (nSPS) is 10.3. The van der Waals surface area contributed by atoms with Gasteiger partial charge in [-0.1, -0.05) is 25.5 Å². The van der Waals surface area contributed by atoms with Gasteiger partial charge in [0.25, 0.3) is 5.91 Å². The van der Waals surface area contributed by atoms with Gasteiger partial charge >= 0.3 is 0 Å². The Bertz CT molecular complexity index is 608. The summed E-state index contributed by atoms with van der Waals surface area (Å²) in [5.74, 6) is -0.895. The molecule has 2 aromatic rings. The van der Waals surface area contributed by atoms with Gasteiger partial charge in [-0.25, -0.2) is 4.39 Å². The van der Waals surface area contributed by atoms with E-state index in [4.69, 9.17) is 5.73 Å². The summed E-state index contributed by atoms with van der Waals surface area (Å²) in [5.41, 5.74) is 7.96. The molecule has 2 aromatic carbocycles. The number of hydrogen-bond donors (Lipinski definition) is 2. The minimum Gasteiger partial charge on any atom is -0.398 e. The number of rotatable bonds is 4. The van der Waals surface area contributed by atoms with E-state index in [-0.39, 0.29) is 11.3 Å². The Morgan fingerprint density at radius 2 is 1.90 bits per heavy atom. The molecular weight excluding hydrogens is 255 g/mol. The van der Waals surface area contributed by atoms with Crippen LogP contribution in [0.4, 0.5) is 15.8 Å². The first-order chi connectivity index (χ1) is 9.60. The Labute approximate surface area is 117 Å². The lowest BCUT2D eigenvalue weighted by atomic mass is 10.1. The topological polar surface area (TPSA) is 55.1 Å². The molecule has 2 rings (SSSR count). The zero-order chi connectivity index (χ0) is 14.5. The van der Waals surface area contributed by atoms with Gasteiger partial charge in [-0.15, -0.1) is 0 Å². The monoisotopic (exact) mass is 272 g/mol. The highest BCUT2D eigenvalue weighted by Gasteiger charge is 2.11. The molecule has 0 aliphatic rings. The molecule has 0 radical (unpaired) electrons. The maximum atomic E-state index is 13.1. The Balaban J connectivity index is 2.13. The first kappa shape index (κ1) is 14.1. The second kappa shape index (κ2) is 6.19.